The summed E-state index contributed by atoms with van der Waals surface area (Å²) in [6, 6.07) is 8.28. The Morgan fingerprint density at radius 3 is 2.41 bits per heavy atom. The van der Waals surface area contributed by atoms with Gasteiger partial charge in [0.1, 0.15) is 11.4 Å². The molecule has 4 nitrogen and oxygen atoms in total. The fourth-order valence-electron chi connectivity index (χ4n) is 1.85. The molecule has 88 valence electrons. The number of aryl methyl sites for hydroxylation is 1. The van der Waals surface area contributed by atoms with Crippen LogP contribution in [0, 0.1) is 0 Å². The number of rotatable bonds is 3. The molecule has 1 aromatic carbocycles. The minimum absolute atomic E-state index is 0.167. The molecule has 1 heterocycles. The maximum absolute atomic E-state index is 11.2. The number of hydrogen-bond acceptors (Lipinski definition) is 2. The topological polar surface area (TPSA) is 62.5 Å². The molecule has 0 radical (unpaired) electrons. The highest BCUT2D eigenvalue weighted by atomic mass is 16.4. The van der Waals surface area contributed by atoms with E-state index in [1.165, 1.54) is 0 Å². The molecule has 0 saturated heterocycles. The molecule has 1 aromatic heterocycles. The lowest BCUT2D eigenvalue weighted by molar-refractivity contribution is 0.0686. The van der Waals surface area contributed by atoms with Crippen molar-refractivity contribution in [2.24, 2.45) is 0 Å². The second-order valence-corrected chi connectivity index (χ2v) is 3.72. The van der Waals surface area contributed by atoms with Gasteiger partial charge in [0.05, 0.1) is 0 Å². The number of aromatic hydroxyl groups is 1. The van der Waals surface area contributed by atoms with Crippen LogP contribution in [0.25, 0.3) is 11.1 Å². The van der Waals surface area contributed by atoms with Crippen LogP contribution in [0.1, 0.15) is 17.4 Å². The maximum atomic E-state index is 11.2. The molecule has 0 aliphatic carbocycles. The summed E-state index contributed by atoms with van der Waals surface area (Å²) in [4.78, 5) is 11.2. The Kier molecular flexibility index (Phi) is 2.87. The Labute approximate surface area is 98.8 Å². The first-order valence-corrected chi connectivity index (χ1v) is 5.35. The fourth-order valence-corrected chi connectivity index (χ4v) is 1.85. The van der Waals surface area contributed by atoms with Gasteiger partial charge in [-0.2, -0.15) is 0 Å². The first-order chi connectivity index (χ1) is 8.13. The molecule has 0 aliphatic rings. The lowest BCUT2D eigenvalue weighted by Gasteiger charge is -2.05. The lowest BCUT2D eigenvalue weighted by Crippen LogP contribution is -2.07. The van der Waals surface area contributed by atoms with E-state index >= 15 is 0 Å². The van der Waals surface area contributed by atoms with Crippen molar-refractivity contribution in [3.63, 3.8) is 0 Å². The first-order valence-electron chi connectivity index (χ1n) is 5.35. The van der Waals surface area contributed by atoms with Crippen LogP contribution in [0.5, 0.6) is 5.75 Å². The monoisotopic (exact) mass is 231 g/mol. The van der Waals surface area contributed by atoms with Crippen molar-refractivity contribution in [1.29, 1.82) is 0 Å². The van der Waals surface area contributed by atoms with Crippen LogP contribution in [0.15, 0.2) is 36.5 Å². The van der Waals surface area contributed by atoms with Gasteiger partial charge in [0, 0.05) is 18.3 Å². The Morgan fingerprint density at radius 1 is 1.24 bits per heavy atom. The maximum Gasteiger partial charge on any atom is 0.353 e. The van der Waals surface area contributed by atoms with Gasteiger partial charge in [0.25, 0.3) is 0 Å². The van der Waals surface area contributed by atoms with E-state index in [-0.39, 0.29) is 11.4 Å². The largest absolute Gasteiger partial charge is 0.508 e. The van der Waals surface area contributed by atoms with Gasteiger partial charge in [-0.25, -0.2) is 4.79 Å². The van der Waals surface area contributed by atoms with Crippen molar-refractivity contribution in [2.75, 3.05) is 0 Å². The number of benzene rings is 1. The zero-order chi connectivity index (χ0) is 12.4. The zero-order valence-electron chi connectivity index (χ0n) is 9.42. The van der Waals surface area contributed by atoms with Crippen molar-refractivity contribution in [3.8, 4) is 16.9 Å². The van der Waals surface area contributed by atoms with Crippen molar-refractivity contribution >= 4 is 5.97 Å². The first kappa shape index (κ1) is 11.3. The number of nitrogens with zero attached hydrogens (tertiary/aromatic N) is 1. The molecular weight excluding hydrogens is 218 g/mol. The summed E-state index contributed by atoms with van der Waals surface area (Å²) in [5, 5.41) is 18.4. The van der Waals surface area contributed by atoms with Crippen LogP contribution in [-0.4, -0.2) is 20.7 Å². The minimum atomic E-state index is -0.945. The van der Waals surface area contributed by atoms with Crippen LogP contribution in [0.4, 0.5) is 0 Å². The number of aromatic nitrogens is 1. The van der Waals surface area contributed by atoms with E-state index in [0.717, 1.165) is 5.56 Å². The molecule has 0 bridgehead atoms. The summed E-state index contributed by atoms with van der Waals surface area (Å²) in [5.41, 5.74) is 1.73. The van der Waals surface area contributed by atoms with Crippen molar-refractivity contribution in [2.45, 2.75) is 13.5 Å². The summed E-state index contributed by atoms with van der Waals surface area (Å²) in [5.74, 6) is -0.777. The summed E-state index contributed by atoms with van der Waals surface area (Å²) in [6.45, 7) is 2.51. The molecule has 0 unspecified atom stereocenters. The third-order valence-electron chi connectivity index (χ3n) is 2.69. The van der Waals surface area contributed by atoms with Crippen LogP contribution >= 0.6 is 0 Å². The van der Waals surface area contributed by atoms with E-state index in [4.69, 9.17) is 0 Å². The molecule has 2 aromatic rings. The fraction of sp³-hybridized carbons (Fsp3) is 0.154. The summed E-state index contributed by atoms with van der Waals surface area (Å²) in [6.07, 6.45) is 1.76. The van der Waals surface area contributed by atoms with Gasteiger partial charge >= 0.3 is 5.97 Å². The number of carboxylic acids is 1. The van der Waals surface area contributed by atoms with Crippen LogP contribution < -0.4 is 0 Å². The van der Waals surface area contributed by atoms with Gasteiger partial charge in [-0.3, -0.25) is 0 Å². The van der Waals surface area contributed by atoms with E-state index in [2.05, 4.69) is 0 Å². The molecule has 0 aliphatic heterocycles. The van der Waals surface area contributed by atoms with E-state index in [9.17, 15) is 15.0 Å². The smallest absolute Gasteiger partial charge is 0.353 e. The Balaban J connectivity index is 2.55. The molecule has 0 atom stereocenters. The van der Waals surface area contributed by atoms with Gasteiger partial charge in [0.2, 0.25) is 0 Å². The standard InChI is InChI=1S/C13H13NO3/c1-2-14-8-7-11(12(14)13(16)17)9-3-5-10(15)6-4-9/h3-8,15H,2H2,1H3,(H,16,17). The summed E-state index contributed by atoms with van der Waals surface area (Å²) in [7, 11) is 0. The summed E-state index contributed by atoms with van der Waals surface area (Å²) >= 11 is 0. The van der Waals surface area contributed by atoms with Crippen molar-refractivity contribution < 1.29 is 15.0 Å². The van der Waals surface area contributed by atoms with E-state index in [0.29, 0.717) is 12.1 Å². The highest BCUT2D eigenvalue weighted by molar-refractivity contribution is 5.94. The second kappa shape index (κ2) is 4.33. The lowest BCUT2D eigenvalue weighted by atomic mass is 10.1. The van der Waals surface area contributed by atoms with Gasteiger partial charge in [-0.05, 0) is 30.7 Å². The van der Waals surface area contributed by atoms with E-state index in [1.807, 2.05) is 6.92 Å². The minimum Gasteiger partial charge on any atom is -0.508 e. The molecule has 2 N–H and O–H groups in total. The predicted molar refractivity (Wildman–Crippen MR) is 64.2 cm³/mol. The quantitative estimate of drug-likeness (QED) is 0.853. The molecule has 0 saturated carbocycles. The molecule has 0 amide bonds. The zero-order valence-corrected chi connectivity index (χ0v) is 9.42. The normalized spacial score (nSPS) is 10.4. The average Bonchev–Trinajstić information content (AvgIpc) is 2.73. The average molecular weight is 231 g/mol. The second-order valence-electron chi connectivity index (χ2n) is 3.72. The van der Waals surface area contributed by atoms with Crippen LogP contribution in [0.2, 0.25) is 0 Å². The van der Waals surface area contributed by atoms with Crippen molar-refractivity contribution in [3.05, 3.63) is 42.2 Å². The van der Waals surface area contributed by atoms with Crippen LogP contribution in [0.3, 0.4) is 0 Å². The van der Waals surface area contributed by atoms with Gasteiger partial charge in [-0.15, -0.1) is 0 Å². The molecular formula is C13H13NO3. The molecule has 0 spiro atoms. The number of phenolic OH excluding ortho intramolecular Hbond substituents is 1. The third kappa shape index (κ3) is 2.01. The van der Waals surface area contributed by atoms with Crippen molar-refractivity contribution in [1.82, 2.24) is 4.57 Å². The molecule has 4 heteroatoms. The molecule has 2 rings (SSSR count). The van der Waals surface area contributed by atoms with Gasteiger partial charge in [-0.1, -0.05) is 12.1 Å². The number of phenols is 1. The van der Waals surface area contributed by atoms with Gasteiger partial charge in [0.15, 0.2) is 0 Å². The van der Waals surface area contributed by atoms with E-state index < -0.39 is 5.97 Å². The number of hydrogen-bond donors (Lipinski definition) is 2. The van der Waals surface area contributed by atoms with Crippen LogP contribution in [-0.2, 0) is 6.54 Å². The van der Waals surface area contributed by atoms with Gasteiger partial charge < -0.3 is 14.8 Å². The SMILES string of the molecule is CCn1ccc(-c2ccc(O)cc2)c1C(=O)O. The third-order valence-corrected chi connectivity index (χ3v) is 2.69. The number of carboxylic acid groups (broad SMARTS) is 1. The molecule has 17 heavy (non-hydrogen) atoms. The Hall–Kier alpha value is -2.23. The number of aromatic carboxylic acids is 1. The van der Waals surface area contributed by atoms with E-state index in [1.54, 1.807) is 41.1 Å². The molecule has 0 fully saturated rings. The Bertz CT molecular complexity index is 540. The predicted octanol–water partition coefficient (Wildman–Crippen LogP) is 2.58. The Morgan fingerprint density at radius 2 is 1.88 bits per heavy atom. The highest BCUT2D eigenvalue weighted by Crippen LogP contribution is 2.26. The number of carbonyl (C=O) groups is 1. The highest BCUT2D eigenvalue weighted by Gasteiger charge is 2.16. The summed E-state index contributed by atoms with van der Waals surface area (Å²) < 4.78 is 1.69.